The maximum Gasteiger partial charge on any atom is 0.228 e. The van der Waals surface area contributed by atoms with Gasteiger partial charge in [-0.15, -0.1) is 0 Å². The Balaban J connectivity index is 0.910. The molecule has 0 bridgehead atoms. The van der Waals surface area contributed by atoms with E-state index in [0.29, 0.717) is 97.1 Å². The van der Waals surface area contributed by atoms with Crippen LogP contribution in [0, 0.1) is 0 Å². The van der Waals surface area contributed by atoms with Crippen molar-refractivity contribution >= 4 is 47.5 Å². The first-order chi connectivity index (χ1) is 35.9. The SMILES string of the molecule is Cn1nc(C(C)(C)C)cc1C(C(=O)C(c1cc(C(C)(C)C)nn1C)N1CCC(Oc2ncnc3c2cnn3-c2ccc(S(C)(=O)=O)cc2)CC1)N1CCC(Oc2ncnc3c2cnn3-c2ccc(S(C)(=O)=O)cc2)CC1. The van der Waals surface area contributed by atoms with Gasteiger partial charge in [-0.2, -0.15) is 20.4 Å². The summed E-state index contributed by atoms with van der Waals surface area (Å²) >= 11 is 0. The van der Waals surface area contributed by atoms with Crippen LogP contribution < -0.4 is 9.47 Å². The van der Waals surface area contributed by atoms with Crippen molar-refractivity contribution in [3.63, 3.8) is 0 Å². The first-order valence-electron chi connectivity index (χ1n) is 25.3. The number of rotatable bonds is 14. The zero-order valence-corrected chi connectivity index (χ0v) is 46.1. The van der Waals surface area contributed by atoms with Gasteiger partial charge in [0.15, 0.2) is 36.8 Å². The number of ether oxygens (including phenoxy) is 2. The number of fused-ring (bicyclic) bond motifs is 2. The Kier molecular flexibility index (Phi) is 13.7. The van der Waals surface area contributed by atoms with E-state index < -0.39 is 31.8 Å². The van der Waals surface area contributed by atoms with Crippen molar-refractivity contribution in [3.8, 4) is 23.1 Å². The molecule has 0 aliphatic carbocycles. The Bertz CT molecular complexity index is 3430. The second kappa shape index (κ2) is 19.9. The normalized spacial score (nSPS) is 16.9. The van der Waals surface area contributed by atoms with Crippen molar-refractivity contribution < 1.29 is 31.1 Å². The number of hydrogen-bond acceptors (Lipinski definition) is 17. The molecule has 21 nitrogen and oxygen atoms in total. The summed E-state index contributed by atoms with van der Waals surface area (Å²) in [7, 11) is -2.90. The molecule has 0 N–H and O–H groups in total. The Morgan fingerprint density at radius 3 is 1.24 bits per heavy atom. The third-order valence-electron chi connectivity index (χ3n) is 14.4. The summed E-state index contributed by atoms with van der Waals surface area (Å²) in [6.07, 6.45) is 10.5. The van der Waals surface area contributed by atoms with Crippen LogP contribution in [0.5, 0.6) is 11.8 Å². The largest absolute Gasteiger partial charge is 0.474 e. The summed E-state index contributed by atoms with van der Waals surface area (Å²) in [5.74, 6) is 0.815. The average Bonchev–Trinajstić information content (AvgIpc) is 4.22. The van der Waals surface area contributed by atoms with E-state index in [-0.39, 0.29) is 38.6 Å². The van der Waals surface area contributed by atoms with Crippen molar-refractivity contribution in [1.29, 1.82) is 0 Å². The topological polar surface area (TPSA) is 233 Å². The van der Waals surface area contributed by atoms with Crippen LogP contribution in [0.3, 0.4) is 0 Å². The van der Waals surface area contributed by atoms with Gasteiger partial charge >= 0.3 is 0 Å². The standard InChI is InChI=1S/C53H64N14O7S2/c1-52(2,3)43-27-41(62(7)60-43)45(64-23-19-35(20-24-64)73-50-39-29-58-66(48(39)54-31-56-50)33-11-15-37(16-12-33)75(9,69)70)47(68)46(42-28-44(53(4,5)6)61-63(42)8)65-25-21-36(22-26-65)74-51-40-30-59-67(49(40)55-32-57-51)34-13-17-38(18-14-34)76(10,71)72/h11-18,27-32,35-36,45-46H,19-26H2,1-10H3. The predicted molar refractivity (Wildman–Crippen MR) is 284 cm³/mol. The molecule has 10 rings (SSSR count). The van der Waals surface area contributed by atoms with Gasteiger partial charge in [0, 0.05) is 63.6 Å². The van der Waals surface area contributed by atoms with Crippen molar-refractivity contribution in [1.82, 2.24) is 68.9 Å². The quantitative estimate of drug-likeness (QED) is 0.117. The second-order valence-corrected chi connectivity index (χ2v) is 26.1. The number of Topliss-reactive ketones (excluding diaryl/α,β-unsaturated/α-hetero) is 1. The Labute approximate surface area is 442 Å². The van der Waals surface area contributed by atoms with Crippen LogP contribution >= 0.6 is 0 Å². The number of likely N-dealkylation sites (tertiary alicyclic amines) is 2. The molecule has 2 atom stereocenters. The van der Waals surface area contributed by atoms with Crippen LogP contribution in [0.4, 0.5) is 0 Å². The zero-order valence-electron chi connectivity index (χ0n) is 44.5. The molecule has 0 amide bonds. The number of ketones is 1. The number of benzene rings is 2. The van der Waals surface area contributed by atoms with E-state index in [1.165, 1.54) is 25.2 Å². The molecular weight excluding hydrogens is 1010 g/mol. The minimum absolute atomic E-state index is 0.0228. The third kappa shape index (κ3) is 10.5. The maximum atomic E-state index is 16.1. The van der Waals surface area contributed by atoms with E-state index in [2.05, 4.69) is 93.6 Å². The average molecular weight is 1070 g/mol. The summed E-state index contributed by atoms with van der Waals surface area (Å²) in [5.41, 5.74) is 5.19. The fraction of sp³-hybridized carbons (Fsp3) is 0.453. The van der Waals surface area contributed by atoms with Gasteiger partial charge in [-0.25, -0.2) is 46.1 Å². The molecule has 6 aromatic heterocycles. The van der Waals surface area contributed by atoms with Crippen LogP contribution in [0.1, 0.15) is 102 Å². The molecular formula is C53H64N14O7S2. The molecule has 2 unspecified atom stereocenters. The minimum Gasteiger partial charge on any atom is -0.474 e. The molecule has 400 valence electrons. The van der Waals surface area contributed by atoms with Crippen molar-refractivity contribution in [2.45, 2.75) is 112 Å². The lowest BCUT2D eigenvalue weighted by Gasteiger charge is -2.41. The summed E-state index contributed by atoms with van der Waals surface area (Å²) in [5, 5.41) is 20.4. The number of sulfone groups is 2. The van der Waals surface area contributed by atoms with E-state index in [4.69, 9.17) is 19.7 Å². The van der Waals surface area contributed by atoms with Gasteiger partial charge in [0.05, 0.1) is 56.3 Å². The lowest BCUT2D eigenvalue weighted by Crippen LogP contribution is -2.49. The third-order valence-corrected chi connectivity index (χ3v) is 16.6. The molecule has 8 heterocycles. The second-order valence-electron chi connectivity index (χ2n) is 22.0. The van der Waals surface area contributed by atoms with E-state index in [1.54, 1.807) is 70.3 Å². The van der Waals surface area contributed by atoms with Crippen LogP contribution in [0.2, 0.25) is 0 Å². The lowest BCUT2D eigenvalue weighted by atomic mass is 9.88. The Morgan fingerprint density at radius 2 is 0.921 bits per heavy atom. The molecule has 2 saturated heterocycles. The molecule has 2 aliphatic rings. The highest BCUT2D eigenvalue weighted by Crippen LogP contribution is 2.39. The summed E-state index contributed by atoms with van der Waals surface area (Å²) in [6, 6.07) is 15.8. The molecule has 0 spiro atoms. The molecule has 8 aromatic rings. The number of nitrogens with zero attached hydrogens (tertiary/aromatic N) is 14. The van der Waals surface area contributed by atoms with Crippen LogP contribution in [0.15, 0.2) is 95.5 Å². The monoisotopic (exact) mass is 1070 g/mol. The summed E-state index contributed by atoms with van der Waals surface area (Å²) < 4.78 is 68.8. The Morgan fingerprint density at radius 1 is 0.566 bits per heavy atom. The van der Waals surface area contributed by atoms with Crippen molar-refractivity contribution in [2.24, 2.45) is 14.1 Å². The lowest BCUT2D eigenvalue weighted by molar-refractivity contribution is -0.132. The van der Waals surface area contributed by atoms with E-state index >= 15 is 4.79 Å². The number of carbonyl (C=O) groups is 1. The van der Waals surface area contributed by atoms with Gasteiger partial charge in [-0.05, 0) is 86.3 Å². The van der Waals surface area contributed by atoms with Gasteiger partial charge < -0.3 is 9.47 Å². The highest BCUT2D eigenvalue weighted by molar-refractivity contribution is 7.91. The fourth-order valence-electron chi connectivity index (χ4n) is 10.1. The van der Waals surface area contributed by atoms with Gasteiger partial charge in [0.25, 0.3) is 0 Å². The van der Waals surface area contributed by atoms with E-state index in [9.17, 15) is 16.8 Å². The van der Waals surface area contributed by atoms with Gasteiger partial charge in [-0.1, -0.05) is 41.5 Å². The fourth-order valence-corrected chi connectivity index (χ4v) is 11.3. The molecule has 23 heteroatoms. The zero-order chi connectivity index (χ0) is 54.1. The molecule has 2 aromatic carbocycles. The van der Waals surface area contributed by atoms with Gasteiger partial charge in [-0.3, -0.25) is 24.0 Å². The first-order valence-corrected chi connectivity index (χ1v) is 29.1. The first kappa shape index (κ1) is 52.5. The van der Waals surface area contributed by atoms with E-state index in [1.807, 2.05) is 23.5 Å². The van der Waals surface area contributed by atoms with Crippen molar-refractivity contribution in [3.05, 3.63) is 108 Å². The van der Waals surface area contributed by atoms with Gasteiger partial charge in [0.2, 0.25) is 11.8 Å². The van der Waals surface area contributed by atoms with Crippen LogP contribution in [-0.4, -0.2) is 142 Å². The molecule has 76 heavy (non-hydrogen) atoms. The number of piperidine rings is 2. The molecule has 0 radical (unpaired) electrons. The molecule has 0 saturated carbocycles. The van der Waals surface area contributed by atoms with Crippen molar-refractivity contribution in [2.75, 3.05) is 38.7 Å². The number of hydrogen-bond donors (Lipinski definition) is 0. The summed E-state index contributed by atoms with van der Waals surface area (Å²) in [6.45, 7) is 14.9. The highest BCUT2D eigenvalue weighted by Gasteiger charge is 2.43. The summed E-state index contributed by atoms with van der Waals surface area (Å²) in [4.78, 5) is 39.2. The Hall–Kier alpha value is -6.95. The van der Waals surface area contributed by atoms with Crippen LogP contribution in [-0.2, 0) is 49.4 Å². The van der Waals surface area contributed by atoms with Crippen LogP contribution in [0.25, 0.3) is 33.4 Å². The minimum atomic E-state index is -3.37. The van der Waals surface area contributed by atoms with Gasteiger partial charge in [0.1, 0.15) is 47.7 Å². The number of aryl methyl sites for hydroxylation is 2. The predicted octanol–water partition coefficient (Wildman–Crippen LogP) is 6.25. The molecule has 2 aliphatic heterocycles. The molecule has 2 fully saturated rings. The highest BCUT2D eigenvalue weighted by atomic mass is 32.2. The number of carbonyl (C=O) groups excluding carboxylic acids is 1. The maximum absolute atomic E-state index is 16.1. The van der Waals surface area contributed by atoms with E-state index in [0.717, 1.165) is 22.8 Å². The smallest absolute Gasteiger partial charge is 0.228 e. The number of aromatic nitrogens is 12.